The Morgan fingerprint density at radius 2 is 1.60 bits per heavy atom. The molecule has 20 heavy (non-hydrogen) atoms. The summed E-state index contributed by atoms with van der Waals surface area (Å²) < 4.78 is 73.5. The molecule has 1 aromatic rings. The molecule has 0 heterocycles. The van der Waals surface area contributed by atoms with E-state index >= 15 is 0 Å². The third kappa shape index (κ3) is 3.62. The number of anilines is 1. The number of hydrogen-bond acceptors (Lipinski definition) is 2. The largest absolute Gasteiger partial charge is 0.478 e. The third-order valence-electron chi connectivity index (χ3n) is 2.07. The molecule has 0 spiro atoms. The molecule has 10 heteroatoms. The molecule has 0 aromatic heterocycles. The second-order valence-electron chi connectivity index (χ2n) is 3.52. The smallest absolute Gasteiger partial charge is 0.471 e. The SMILES string of the molecule is O=C(O)c1ccc(NC(=O)C(F)(F)F)cc1C(F)(F)F. The molecule has 1 rings (SSSR count). The number of rotatable bonds is 2. The number of carboxylic acids is 1. The first-order valence-corrected chi connectivity index (χ1v) is 4.75. The van der Waals surface area contributed by atoms with Gasteiger partial charge in [-0.15, -0.1) is 0 Å². The van der Waals surface area contributed by atoms with Crippen molar-refractivity contribution in [2.75, 3.05) is 5.32 Å². The summed E-state index contributed by atoms with van der Waals surface area (Å²) in [4.78, 5) is 21.2. The van der Waals surface area contributed by atoms with Crippen molar-refractivity contribution in [1.82, 2.24) is 0 Å². The highest BCUT2D eigenvalue weighted by Gasteiger charge is 2.40. The first-order chi connectivity index (χ1) is 8.93. The number of benzene rings is 1. The molecule has 0 bridgehead atoms. The van der Waals surface area contributed by atoms with E-state index in [-0.39, 0.29) is 6.07 Å². The lowest BCUT2D eigenvalue weighted by Crippen LogP contribution is -2.30. The summed E-state index contributed by atoms with van der Waals surface area (Å²) in [5.74, 6) is -4.36. The molecule has 4 nitrogen and oxygen atoms in total. The van der Waals surface area contributed by atoms with E-state index in [1.165, 1.54) is 5.32 Å². The van der Waals surface area contributed by atoms with Crippen LogP contribution in [0.5, 0.6) is 0 Å². The Morgan fingerprint density at radius 3 is 2.00 bits per heavy atom. The summed E-state index contributed by atoms with van der Waals surface area (Å²) in [5, 5.41) is 9.77. The molecule has 0 saturated heterocycles. The van der Waals surface area contributed by atoms with Gasteiger partial charge >= 0.3 is 24.2 Å². The van der Waals surface area contributed by atoms with E-state index in [0.29, 0.717) is 12.1 Å². The van der Waals surface area contributed by atoms with Gasteiger partial charge in [0, 0.05) is 5.69 Å². The normalized spacial score (nSPS) is 12.1. The van der Waals surface area contributed by atoms with E-state index < -0.39 is 41.0 Å². The fourth-order valence-corrected chi connectivity index (χ4v) is 1.24. The highest BCUT2D eigenvalue weighted by Crippen LogP contribution is 2.34. The number of carboxylic acid groups (broad SMARTS) is 1. The lowest BCUT2D eigenvalue weighted by Gasteiger charge is -2.13. The zero-order valence-corrected chi connectivity index (χ0v) is 9.26. The molecule has 110 valence electrons. The van der Waals surface area contributed by atoms with E-state index in [1.807, 2.05) is 0 Å². The van der Waals surface area contributed by atoms with Gasteiger partial charge in [0.25, 0.3) is 0 Å². The maximum Gasteiger partial charge on any atom is 0.471 e. The van der Waals surface area contributed by atoms with E-state index in [1.54, 1.807) is 0 Å². The van der Waals surface area contributed by atoms with Crippen LogP contribution in [-0.4, -0.2) is 23.2 Å². The molecule has 0 saturated carbocycles. The molecule has 0 aliphatic heterocycles. The number of halogens is 6. The first kappa shape index (κ1) is 15.8. The van der Waals surface area contributed by atoms with Crippen molar-refractivity contribution >= 4 is 17.6 Å². The van der Waals surface area contributed by atoms with Gasteiger partial charge in [-0.3, -0.25) is 4.79 Å². The Labute approximate surface area is 107 Å². The molecule has 2 N–H and O–H groups in total. The molecule has 0 unspecified atom stereocenters. The molecular weight excluding hydrogens is 296 g/mol. The van der Waals surface area contributed by atoms with Gasteiger partial charge in [-0.25, -0.2) is 4.79 Å². The van der Waals surface area contributed by atoms with Crippen LogP contribution in [0.3, 0.4) is 0 Å². The van der Waals surface area contributed by atoms with Crippen LogP contribution in [-0.2, 0) is 11.0 Å². The molecule has 0 aliphatic carbocycles. The molecule has 0 aliphatic rings. The summed E-state index contributed by atoms with van der Waals surface area (Å²) in [5.41, 5.74) is -3.61. The number of carbonyl (C=O) groups excluding carboxylic acids is 1. The Balaban J connectivity index is 3.21. The topological polar surface area (TPSA) is 66.4 Å². The van der Waals surface area contributed by atoms with Crippen molar-refractivity contribution in [3.05, 3.63) is 29.3 Å². The van der Waals surface area contributed by atoms with Crippen LogP contribution in [0.15, 0.2) is 18.2 Å². The molecule has 0 radical (unpaired) electrons. The van der Waals surface area contributed by atoms with Gasteiger partial charge in [0.1, 0.15) is 0 Å². The molecule has 1 aromatic carbocycles. The van der Waals surface area contributed by atoms with E-state index in [4.69, 9.17) is 5.11 Å². The third-order valence-corrected chi connectivity index (χ3v) is 2.07. The van der Waals surface area contributed by atoms with Gasteiger partial charge in [-0.05, 0) is 18.2 Å². The maximum absolute atomic E-state index is 12.6. The predicted molar refractivity (Wildman–Crippen MR) is 53.1 cm³/mol. The van der Waals surface area contributed by atoms with Crippen LogP contribution < -0.4 is 5.32 Å². The number of nitrogens with one attached hydrogen (secondary N) is 1. The average Bonchev–Trinajstić information content (AvgIpc) is 2.26. The van der Waals surface area contributed by atoms with Crippen molar-refractivity contribution in [3.63, 3.8) is 0 Å². The average molecular weight is 301 g/mol. The Kier molecular flexibility index (Phi) is 3.97. The van der Waals surface area contributed by atoms with Gasteiger partial charge in [0.2, 0.25) is 0 Å². The van der Waals surface area contributed by atoms with Gasteiger partial charge in [0.15, 0.2) is 0 Å². The minimum atomic E-state index is -5.27. The molecule has 0 atom stereocenters. The van der Waals surface area contributed by atoms with Crippen LogP contribution in [0, 0.1) is 0 Å². The van der Waals surface area contributed by atoms with Crippen LogP contribution in [0.1, 0.15) is 15.9 Å². The predicted octanol–water partition coefficient (Wildman–Crippen LogP) is 2.90. The second-order valence-corrected chi connectivity index (χ2v) is 3.52. The van der Waals surface area contributed by atoms with Crippen molar-refractivity contribution in [3.8, 4) is 0 Å². The van der Waals surface area contributed by atoms with Crippen LogP contribution >= 0.6 is 0 Å². The summed E-state index contributed by atoms with van der Waals surface area (Å²) in [7, 11) is 0. The maximum atomic E-state index is 12.6. The standard InChI is InChI=1S/C10H5F6NO3/c11-9(12,13)6-3-4(1-2-5(6)7(18)19)17-8(20)10(14,15)16/h1-3H,(H,17,20)(H,18,19). The van der Waals surface area contributed by atoms with E-state index in [9.17, 15) is 35.9 Å². The second kappa shape index (κ2) is 5.02. The van der Waals surface area contributed by atoms with Gasteiger partial charge in [0.05, 0.1) is 11.1 Å². The number of hydrogen-bond donors (Lipinski definition) is 2. The summed E-state index contributed by atoms with van der Waals surface area (Å²) in [6, 6.07) is 1.20. The molecule has 1 amide bonds. The lowest BCUT2D eigenvalue weighted by molar-refractivity contribution is -0.167. The van der Waals surface area contributed by atoms with E-state index in [2.05, 4.69) is 0 Å². The van der Waals surface area contributed by atoms with Crippen LogP contribution in [0.2, 0.25) is 0 Å². The minimum Gasteiger partial charge on any atom is -0.478 e. The van der Waals surface area contributed by atoms with Gasteiger partial charge < -0.3 is 10.4 Å². The van der Waals surface area contributed by atoms with Crippen molar-refractivity contribution in [1.29, 1.82) is 0 Å². The zero-order valence-electron chi connectivity index (χ0n) is 9.26. The van der Waals surface area contributed by atoms with E-state index in [0.717, 1.165) is 0 Å². The Bertz CT molecular complexity index is 549. The van der Waals surface area contributed by atoms with Gasteiger partial charge in [-0.1, -0.05) is 0 Å². The quantitative estimate of drug-likeness (QED) is 0.825. The fraction of sp³-hybridized carbons (Fsp3) is 0.200. The molecule has 0 fully saturated rings. The first-order valence-electron chi connectivity index (χ1n) is 4.75. The van der Waals surface area contributed by atoms with Crippen molar-refractivity contribution in [2.45, 2.75) is 12.4 Å². The minimum absolute atomic E-state index is 0.118. The van der Waals surface area contributed by atoms with Crippen LogP contribution in [0.4, 0.5) is 32.0 Å². The number of alkyl halides is 6. The van der Waals surface area contributed by atoms with Crippen molar-refractivity contribution < 1.29 is 41.0 Å². The number of carbonyl (C=O) groups is 2. The van der Waals surface area contributed by atoms with Gasteiger partial charge in [-0.2, -0.15) is 26.3 Å². The van der Waals surface area contributed by atoms with Crippen molar-refractivity contribution in [2.24, 2.45) is 0 Å². The highest BCUT2D eigenvalue weighted by atomic mass is 19.4. The zero-order chi connectivity index (χ0) is 15.7. The lowest BCUT2D eigenvalue weighted by atomic mass is 10.1. The summed E-state index contributed by atoms with van der Waals surface area (Å²) in [6.45, 7) is 0. The Morgan fingerprint density at radius 1 is 1.05 bits per heavy atom. The van der Waals surface area contributed by atoms with Crippen LogP contribution in [0.25, 0.3) is 0 Å². The number of aromatic carboxylic acids is 1. The molecular formula is C10H5F6NO3. The fourth-order valence-electron chi connectivity index (χ4n) is 1.24. The monoisotopic (exact) mass is 301 g/mol. The number of amides is 1. The summed E-state index contributed by atoms with van der Waals surface area (Å²) in [6.07, 6.45) is -10.4. The summed E-state index contributed by atoms with van der Waals surface area (Å²) >= 11 is 0. The highest BCUT2D eigenvalue weighted by molar-refractivity contribution is 5.96. The Hall–Kier alpha value is -2.26.